The van der Waals surface area contributed by atoms with Crippen molar-refractivity contribution in [3.63, 3.8) is 0 Å². The molecule has 2 N–H and O–H groups in total. The van der Waals surface area contributed by atoms with Gasteiger partial charge in [0.05, 0.1) is 5.69 Å². The molecule has 0 bridgehead atoms. The fraction of sp³-hybridized carbons (Fsp3) is 0.0833. The lowest BCUT2D eigenvalue weighted by Gasteiger charge is -2.02. The topological polar surface area (TPSA) is 38.9 Å². The highest BCUT2D eigenvalue weighted by Gasteiger charge is 1.99. The normalized spacial score (nSPS) is 10.3. The monoisotopic (exact) mass is 234 g/mol. The van der Waals surface area contributed by atoms with Gasteiger partial charge < -0.3 is 5.73 Å². The Bertz CT molecular complexity index is 442. The van der Waals surface area contributed by atoms with Crippen molar-refractivity contribution in [2.75, 3.05) is 5.73 Å². The summed E-state index contributed by atoms with van der Waals surface area (Å²) in [5, 5.41) is 0. The van der Waals surface area contributed by atoms with Gasteiger partial charge in [-0.1, -0.05) is 12.1 Å². The Balaban J connectivity index is 2.02. The summed E-state index contributed by atoms with van der Waals surface area (Å²) >= 11 is 1.54. The first-order chi connectivity index (χ1) is 7.74. The molecule has 1 aromatic carbocycles. The molecule has 1 aromatic heterocycles. The fourth-order valence-corrected chi connectivity index (χ4v) is 2.14. The molecule has 0 radical (unpaired) electrons. The largest absolute Gasteiger partial charge is 0.384 e. The van der Waals surface area contributed by atoms with Gasteiger partial charge in [0, 0.05) is 10.6 Å². The highest BCUT2D eigenvalue weighted by molar-refractivity contribution is 7.98. The molecule has 1 heterocycles. The fourth-order valence-electron chi connectivity index (χ4n) is 1.29. The zero-order valence-electron chi connectivity index (χ0n) is 8.56. The molecular weight excluding hydrogens is 223 g/mol. The summed E-state index contributed by atoms with van der Waals surface area (Å²) in [4.78, 5) is 5.07. The standard InChI is InChI=1S/C12H11FN2S/c13-9-3-1-5-11(7-9)16-8-10-4-2-6-12(14)15-10/h1-7H,8H2,(H2,14,15). The Kier molecular flexibility index (Phi) is 3.41. The van der Waals surface area contributed by atoms with Gasteiger partial charge in [0.15, 0.2) is 0 Å². The Morgan fingerprint density at radius 3 is 2.75 bits per heavy atom. The number of rotatable bonds is 3. The first kappa shape index (κ1) is 11.0. The van der Waals surface area contributed by atoms with Crippen LogP contribution < -0.4 is 5.73 Å². The number of nitrogens with zero attached hydrogens (tertiary/aromatic N) is 1. The summed E-state index contributed by atoms with van der Waals surface area (Å²) in [6.45, 7) is 0. The zero-order chi connectivity index (χ0) is 11.4. The second-order valence-corrected chi connectivity index (χ2v) is 4.35. The maximum atomic E-state index is 12.9. The smallest absolute Gasteiger partial charge is 0.124 e. The molecule has 0 unspecified atom stereocenters. The Morgan fingerprint density at radius 1 is 1.19 bits per heavy atom. The molecule has 0 aliphatic rings. The molecule has 82 valence electrons. The van der Waals surface area contributed by atoms with Crippen molar-refractivity contribution in [3.05, 3.63) is 54.0 Å². The van der Waals surface area contributed by atoms with Crippen molar-refractivity contribution in [2.24, 2.45) is 0 Å². The van der Waals surface area contributed by atoms with Crippen LogP contribution >= 0.6 is 11.8 Å². The molecule has 4 heteroatoms. The Hall–Kier alpha value is -1.55. The van der Waals surface area contributed by atoms with Gasteiger partial charge in [-0.2, -0.15) is 0 Å². The number of thioether (sulfide) groups is 1. The average Bonchev–Trinajstić information content (AvgIpc) is 2.27. The first-order valence-corrected chi connectivity index (χ1v) is 5.82. The highest BCUT2D eigenvalue weighted by Crippen LogP contribution is 2.22. The Morgan fingerprint density at radius 2 is 2.00 bits per heavy atom. The van der Waals surface area contributed by atoms with E-state index in [4.69, 9.17) is 5.73 Å². The molecule has 0 saturated heterocycles. The lowest BCUT2D eigenvalue weighted by Crippen LogP contribution is -1.93. The molecule has 0 atom stereocenters. The molecule has 2 aromatic rings. The number of benzene rings is 1. The number of pyridine rings is 1. The van der Waals surface area contributed by atoms with Crippen molar-refractivity contribution in [2.45, 2.75) is 10.6 Å². The number of hydrogen-bond acceptors (Lipinski definition) is 3. The highest BCUT2D eigenvalue weighted by atomic mass is 32.2. The van der Waals surface area contributed by atoms with Crippen molar-refractivity contribution >= 4 is 17.6 Å². The second kappa shape index (κ2) is 4.99. The van der Waals surface area contributed by atoms with Crippen LogP contribution in [0.25, 0.3) is 0 Å². The van der Waals surface area contributed by atoms with E-state index in [1.54, 1.807) is 12.1 Å². The molecular formula is C12H11FN2S. The third-order valence-corrected chi connectivity index (χ3v) is 3.04. The maximum Gasteiger partial charge on any atom is 0.124 e. The van der Waals surface area contributed by atoms with Crippen LogP contribution in [-0.4, -0.2) is 4.98 Å². The summed E-state index contributed by atoms with van der Waals surface area (Å²) in [5.41, 5.74) is 6.47. The summed E-state index contributed by atoms with van der Waals surface area (Å²) in [6, 6.07) is 12.0. The summed E-state index contributed by atoms with van der Waals surface area (Å²) in [5.74, 6) is 0.983. The van der Waals surface area contributed by atoms with Gasteiger partial charge in [0.25, 0.3) is 0 Å². The van der Waals surface area contributed by atoms with Gasteiger partial charge >= 0.3 is 0 Å². The van der Waals surface area contributed by atoms with E-state index in [0.717, 1.165) is 10.6 Å². The van der Waals surface area contributed by atoms with Gasteiger partial charge in [-0.25, -0.2) is 9.37 Å². The number of nitrogen functional groups attached to an aromatic ring is 1. The minimum atomic E-state index is -0.217. The molecule has 0 aliphatic heterocycles. The van der Waals surface area contributed by atoms with Gasteiger partial charge in [0.1, 0.15) is 11.6 Å². The van der Waals surface area contributed by atoms with Crippen LogP contribution in [-0.2, 0) is 5.75 Å². The van der Waals surface area contributed by atoms with Gasteiger partial charge in [-0.05, 0) is 30.3 Å². The number of hydrogen-bond donors (Lipinski definition) is 1. The van der Waals surface area contributed by atoms with E-state index in [1.807, 2.05) is 18.2 Å². The van der Waals surface area contributed by atoms with Crippen molar-refractivity contribution < 1.29 is 4.39 Å². The van der Waals surface area contributed by atoms with Crippen LogP contribution in [0.15, 0.2) is 47.4 Å². The number of nitrogens with two attached hydrogens (primary N) is 1. The SMILES string of the molecule is Nc1cccc(CSc2cccc(F)c2)n1. The number of halogens is 1. The van der Waals surface area contributed by atoms with E-state index in [1.165, 1.54) is 23.9 Å². The molecule has 0 amide bonds. The van der Waals surface area contributed by atoms with E-state index in [-0.39, 0.29) is 5.82 Å². The predicted octanol–water partition coefficient (Wildman–Crippen LogP) is 3.10. The van der Waals surface area contributed by atoms with Crippen molar-refractivity contribution in [1.29, 1.82) is 0 Å². The molecule has 0 saturated carbocycles. The van der Waals surface area contributed by atoms with E-state index >= 15 is 0 Å². The van der Waals surface area contributed by atoms with E-state index < -0.39 is 0 Å². The first-order valence-electron chi connectivity index (χ1n) is 4.84. The summed E-state index contributed by atoms with van der Waals surface area (Å²) < 4.78 is 12.9. The number of aromatic nitrogens is 1. The van der Waals surface area contributed by atoms with Crippen LogP contribution in [0.3, 0.4) is 0 Å². The van der Waals surface area contributed by atoms with E-state index in [9.17, 15) is 4.39 Å². The van der Waals surface area contributed by atoms with E-state index in [2.05, 4.69) is 4.98 Å². The Labute approximate surface area is 97.7 Å². The van der Waals surface area contributed by atoms with Crippen LogP contribution in [0, 0.1) is 5.82 Å². The van der Waals surface area contributed by atoms with Crippen LogP contribution in [0.4, 0.5) is 10.2 Å². The van der Waals surface area contributed by atoms with Gasteiger partial charge in [0.2, 0.25) is 0 Å². The quantitative estimate of drug-likeness (QED) is 0.829. The molecule has 2 rings (SSSR count). The molecule has 16 heavy (non-hydrogen) atoms. The minimum Gasteiger partial charge on any atom is -0.384 e. The van der Waals surface area contributed by atoms with E-state index in [0.29, 0.717) is 11.6 Å². The maximum absolute atomic E-state index is 12.9. The van der Waals surface area contributed by atoms with Crippen molar-refractivity contribution in [1.82, 2.24) is 4.98 Å². The van der Waals surface area contributed by atoms with Crippen LogP contribution in [0.2, 0.25) is 0 Å². The van der Waals surface area contributed by atoms with Gasteiger partial charge in [-0.15, -0.1) is 11.8 Å². The third kappa shape index (κ3) is 2.97. The molecule has 2 nitrogen and oxygen atoms in total. The third-order valence-electron chi connectivity index (χ3n) is 2.01. The van der Waals surface area contributed by atoms with Crippen LogP contribution in [0.5, 0.6) is 0 Å². The van der Waals surface area contributed by atoms with Crippen molar-refractivity contribution in [3.8, 4) is 0 Å². The molecule has 0 aliphatic carbocycles. The lowest BCUT2D eigenvalue weighted by atomic mass is 10.3. The minimum absolute atomic E-state index is 0.217. The van der Waals surface area contributed by atoms with Gasteiger partial charge in [-0.3, -0.25) is 0 Å². The molecule has 0 fully saturated rings. The summed E-state index contributed by atoms with van der Waals surface area (Å²) in [7, 11) is 0. The zero-order valence-corrected chi connectivity index (χ0v) is 9.38. The average molecular weight is 234 g/mol. The second-order valence-electron chi connectivity index (χ2n) is 3.30. The summed E-state index contributed by atoms with van der Waals surface area (Å²) in [6.07, 6.45) is 0. The number of anilines is 1. The van der Waals surface area contributed by atoms with Crippen LogP contribution in [0.1, 0.15) is 5.69 Å². The molecule has 0 spiro atoms. The lowest BCUT2D eigenvalue weighted by molar-refractivity contribution is 0.624. The predicted molar refractivity (Wildman–Crippen MR) is 64.6 cm³/mol.